The summed E-state index contributed by atoms with van der Waals surface area (Å²) < 4.78 is 13.2. The topological polar surface area (TPSA) is 46.3 Å². The first-order valence-electron chi connectivity index (χ1n) is 6.34. The van der Waals surface area contributed by atoms with Crippen LogP contribution in [0.2, 0.25) is 0 Å². The third-order valence-electron chi connectivity index (χ3n) is 3.46. The Kier molecular flexibility index (Phi) is 5.76. The van der Waals surface area contributed by atoms with Gasteiger partial charge in [0.05, 0.1) is 6.42 Å². The zero-order valence-electron chi connectivity index (χ0n) is 11.1. The number of aryl methyl sites for hydroxylation is 1. The highest BCUT2D eigenvalue weighted by Crippen LogP contribution is 2.14. The summed E-state index contributed by atoms with van der Waals surface area (Å²) >= 11 is 0. The van der Waals surface area contributed by atoms with Gasteiger partial charge in [-0.05, 0) is 43.0 Å². The van der Waals surface area contributed by atoms with Crippen molar-refractivity contribution in [1.29, 1.82) is 0 Å². The molecule has 0 aliphatic carbocycles. The fraction of sp³-hybridized carbons (Fsp3) is 0.500. The van der Waals surface area contributed by atoms with E-state index in [0.29, 0.717) is 6.54 Å². The largest absolute Gasteiger partial charge is 0.341 e. The van der Waals surface area contributed by atoms with E-state index in [1.54, 1.807) is 11.0 Å². The summed E-state index contributed by atoms with van der Waals surface area (Å²) in [5.74, 6) is -0.252. The van der Waals surface area contributed by atoms with Crippen molar-refractivity contribution in [2.75, 3.05) is 13.1 Å². The summed E-state index contributed by atoms with van der Waals surface area (Å²) in [5.41, 5.74) is 7.57. The van der Waals surface area contributed by atoms with E-state index >= 15 is 0 Å². The van der Waals surface area contributed by atoms with Gasteiger partial charge >= 0.3 is 0 Å². The lowest BCUT2D eigenvalue weighted by Gasteiger charge is -2.31. The number of amides is 1. The normalized spacial score (nSPS) is 18.9. The van der Waals surface area contributed by atoms with Crippen molar-refractivity contribution in [2.24, 2.45) is 5.73 Å². The molecule has 2 rings (SSSR count). The standard InChI is InChI=1S/C14H19FN2O.ClH/c1-10-4-5-12(15)7-11(10)8-14(18)17-6-2-3-13(16)9-17;/h4-5,7,13H,2-3,6,8-9,16H2,1H3;1H/t13-;/m1./s1. The molecular formula is C14H20ClFN2O. The predicted molar refractivity (Wildman–Crippen MR) is 75.9 cm³/mol. The number of benzene rings is 1. The molecule has 1 aliphatic rings. The van der Waals surface area contributed by atoms with Crippen molar-refractivity contribution in [3.05, 3.63) is 35.1 Å². The number of hydrogen-bond donors (Lipinski definition) is 1. The van der Waals surface area contributed by atoms with E-state index in [0.717, 1.165) is 30.5 Å². The summed E-state index contributed by atoms with van der Waals surface area (Å²) in [5, 5.41) is 0. The summed E-state index contributed by atoms with van der Waals surface area (Å²) in [6, 6.07) is 4.65. The molecule has 1 aromatic carbocycles. The van der Waals surface area contributed by atoms with Crippen LogP contribution in [0.15, 0.2) is 18.2 Å². The predicted octanol–water partition coefficient (Wildman–Crippen LogP) is 2.05. The zero-order valence-corrected chi connectivity index (χ0v) is 11.9. The van der Waals surface area contributed by atoms with Gasteiger partial charge in [-0.2, -0.15) is 0 Å². The SMILES string of the molecule is Cc1ccc(F)cc1CC(=O)N1CCC[C@@H](N)C1.Cl. The van der Waals surface area contributed by atoms with Gasteiger partial charge < -0.3 is 10.6 Å². The molecule has 0 saturated carbocycles. The number of rotatable bonds is 2. The maximum atomic E-state index is 13.2. The Bertz CT molecular complexity index is 453. The van der Waals surface area contributed by atoms with Crippen molar-refractivity contribution in [1.82, 2.24) is 4.90 Å². The van der Waals surface area contributed by atoms with Crippen molar-refractivity contribution < 1.29 is 9.18 Å². The minimum Gasteiger partial charge on any atom is -0.341 e. The average Bonchev–Trinajstić information content (AvgIpc) is 2.34. The first kappa shape index (κ1) is 15.9. The maximum absolute atomic E-state index is 13.2. The van der Waals surface area contributed by atoms with Gasteiger partial charge in [-0.25, -0.2) is 4.39 Å². The van der Waals surface area contributed by atoms with Gasteiger partial charge in [0, 0.05) is 19.1 Å². The number of halogens is 2. The number of likely N-dealkylation sites (tertiary alicyclic amines) is 1. The Morgan fingerprint density at radius 1 is 1.53 bits per heavy atom. The Hall–Kier alpha value is -1.13. The number of carbonyl (C=O) groups is 1. The number of nitrogens with zero attached hydrogens (tertiary/aromatic N) is 1. The highest BCUT2D eigenvalue weighted by atomic mass is 35.5. The molecule has 1 saturated heterocycles. The fourth-order valence-electron chi connectivity index (χ4n) is 2.34. The van der Waals surface area contributed by atoms with Crippen LogP contribution in [0, 0.1) is 12.7 Å². The van der Waals surface area contributed by atoms with E-state index in [4.69, 9.17) is 5.73 Å². The van der Waals surface area contributed by atoms with Crippen LogP contribution in [0.4, 0.5) is 4.39 Å². The molecule has 0 radical (unpaired) electrons. The second-order valence-electron chi connectivity index (χ2n) is 4.99. The fourth-order valence-corrected chi connectivity index (χ4v) is 2.34. The average molecular weight is 287 g/mol. The van der Waals surface area contributed by atoms with Gasteiger partial charge in [-0.1, -0.05) is 6.07 Å². The van der Waals surface area contributed by atoms with Gasteiger partial charge in [-0.3, -0.25) is 4.79 Å². The molecule has 1 aromatic rings. The molecule has 5 heteroatoms. The smallest absolute Gasteiger partial charge is 0.227 e. The molecule has 1 fully saturated rings. The summed E-state index contributed by atoms with van der Waals surface area (Å²) in [7, 11) is 0. The lowest BCUT2D eigenvalue weighted by atomic mass is 10.0. The Labute approximate surface area is 119 Å². The van der Waals surface area contributed by atoms with Crippen molar-refractivity contribution in [3.8, 4) is 0 Å². The van der Waals surface area contributed by atoms with Crippen LogP contribution in [0.25, 0.3) is 0 Å². The molecule has 0 unspecified atom stereocenters. The van der Waals surface area contributed by atoms with Crippen LogP contribution in [0.5, 0.6) is 0 Å². The highest BCUT2D eigenvalue weighted by molar-refractivity contribution is 5.85. The Morgan fingerprint density at radius 3 is 2.95 bits per heavy atom. The lowest BCUT2D eigenvalue weighted by Crippen LogP contribution is -2.46. The van der Waals surface area contributed by atoms with Gasteiger partial charge in [-0.15, -0.1) is 12.4 Å². The highest BCUT2D eigenvalue weighted by Gasteiger charge is 2.21. The second-order valence-corrected chi connectivity index (χ2v) is 4.99. The summed E-state index contributed by atoms with van der Waals surface area (Å²) in [6.07, 6.45) is 2.19. The quantitative estimate of drug-likeness (QED) is 0.904. The number of carbonyl (C=O) groups excluding carboxylic acids is 1. The Morgan fingerprint density at radius 2 is 2.26 bits per heavy atom. The molecule has 1 amide bonds. The van der Waals surface area contributed by atoms with E-state index in [9.17, 15) is 9.18 Å². The third-order valence-corrected chi connectivity index (χ3v) is 3.46. The van der Waals surface area contributed by atoms with Crippen LogP contribution >= 0.6 is 12.4 Å². The minimum atomic E-state index is -0.293. The molecule has 106 valence electrons. The summed E-state index contributed by atoms with van der Waals surface area (Å²) in [4.78, 5) is 13.9. The maximum Gasteiger partial charge on any atom is 0.227 e. The monoisotopic (exact) mass is 286 g/mol. The number of hydrogen-bond acceptors (Lipinski definition) is 2. The molecule has 19 heavy (non-hydrogen) atoms. The van der Waals surface area contributed by atoms with Crippen molar-refractivity contribution in [2.45, 2.75) is 32.2 Å². The Balaban J connectivity index is 0.00000180. The summed E-state index contributed by atoms with van der Waals surface area (Å²) in [6.45, 7) is 3.28. The first-order chi connectivity index (χ1) is 8.56. The van der Waals surface area contributed by atoms with Crippen molar-refractivity contribution >= 4 is 18.3 Å². The van der Waals surface area contributed by atoms with E-state index in [-0.39, 0.29) is 36.6 Å². The van der Waals surface area contributed by atoms with Gasteiger partial charge in [0.25, 0.3) is 0 Å². The van der Waals surface area contributed by atoms with Crippen LogP contribution in [-0.4, -0.2) is 29.9 Å². The molecule has 2 N–H and O–H groups in total. The van der Waals surface area contributed by atoms with Crippen LogP contribution in [0.1, 0.15) is 24.0 Å². The molecule has 1 heterocycles. The van der Waals surface area contributed by atoms with E-state index < -0.39 is 0 Å². The molecular weight excluding hydrogens is 267 g/mol. The van der Waals surface area contributed by atoms with E-state index in [1.165, 1.54) is 12.1 Å². The first-order valence-corrected chi connectivity index (χ1v) is 6.34. The van der Waals surface area contributed by atoms with Crippen LogP contribution in [0.3, 0.4) is 0 Å². The zero-order chi connectivity index (χ0) is 13.1. The number of piperidine rings is 1. The molecule has 1 aliphatic heterocycles. The molecule has 0 bridgehead atoms. The van der Waals surface area contributed by atoms with Crippen LogP contribution in [-0.2, 0) is 11.2 Å². The number of nitrogens with two attached hydrogens (primary N) is 1. The van der Waals surface area contributed by atoms with Gasteiger partial charge in [0.15, 0.2) is 0 Å². The van der Waals surface area contributed by atoms with E-state index in [2.05, 4.69) is 0 Å². The lowest BCUT2D eigenvalue weighted by molar-refractivity contribution is -0.131. The van der Waals surface area contributed by atoms with Crippen molar-refractivity contribution in [3.63, 3.8) is 0 Å². The van der Waals surface area contributed by atoms with Crippen LogP contribution < -0.4 is 5.73 Å². The van der Waals surface area contributed by atoms with Gasteiger partial charge in [0.1, 0.15) is 5.82 Å². The molecule has 0 aromatic heterocycles. The van der Waals surface area contributed by atoms with E-state index in [1.807, 2.05) is 6.92 Å². The second kappa shape index (κ2) is 6.87. The minimum absolute atomic E-state index is 0. The third kappa shape index (κ3) is 4.18. The molecule has 1 atom stereocenters. The van der Waals surface area contributed by atoms with Gasteiger partial charge in [0.2, 0.25) is 5.91 Å². The molecule has 0 spiro atoms. The molecule has 3 nitrogen and oxygen atoms in total.